The van der Waals surface area contributed by atoms with Gasteiger partial charge in [-0.05, 0) is 41.8 Å². The van der Waals surface area contributed by atoms with Crippen LogP contribution in [0.25, 0.3) is 27.3 Å². The number of carbonyl (C=O) groups is 1. The van der Waals surface area contributed by atoms with Crippen LogP contribution in [0.1, 0.15) is 10.6 Å². The first kappa shape index (κ1) is 19.3. The number of halogens is 1. The van der Waals surface area contributed by atoms with Crippen LogP contribution in [-0.4, -0.2) is 56.6 Å². The highest BCUT2D eigenvalue weighted by atomic mass is 35.5. The van der Waals surface area contributed by atoms with E-state index in [9.17, 15) is 4.79 Å². The van der Waals surface area contributed by atoms with E-state index in [1.165, 1.54) is 6.26 Å². The van der Waals surface area contributed by atoms with Crippen molar-refractivity contribution in [2.75, 3.05) is 31.1 Å². The van der Waals surface area contributed by atoms with Gasteiger partial charge in [0.15, 0.2) is 17.2 Å². The quantitative estimate of drug-likeness (QED) is 0.398. The van der Waals surface area contributed by atoms with E-state index in [1.54, 1.807) is 28.4 Å². The zero-order valence-electron chi connectivity index (χ0n) is 16.8. The molecule has 0 spiro atoms. The lowest BCUT2D eigenvalue weighted by molar-refractivity contribution is 0.0714. The minimum absolute atomic E-state index is 0.0957. The molecule has 8 nitrogen and oxygen atoms in total. The van der Waals surface area contributed by atoms with Crippen LogP contribution in [0.15, 0.2) is 58.5 Å². The van der Waals surface area contributed by atoms with E-state index in [2.05, 4.69) is 15.1 Å². The van der Waals surface area contributed by atoms with Crippen molar-refractivity contribution in [3.05, 3.63) is 64.9 Å². The third-order valence-corrected chi connectivity index (χ3v) is 6.71. The zero-order valence-corrected chi connectivity index (χ0v) is 18.4. The Bertz CT molecular complexity index is 1420. The lowest BCUT2D eigenvalue weighted by atomic mass is 10.2. The summed E-state index contributed by atoms with van der Waals surface area (Å²) in [4.78, 5) is 22.6. The topological polar surface area (TPSA) is 79.8 Å². The van der Waals surface area contributed by atoms with Crippen molar-refractivity contribution in [3.8, 4) is 10.7 Å². The summed E-state index contributed by atoms with van der Waals surface area (Å²) in [7, 11) is 0. The number of piperazine rings is 1. The lowest BCUT2D eigenvalue weighted by Crippen LogP contribution is -2.49. The van der Waals surface area contributed by atoms with E-state index in [-0.39, 0.29) is 5.91 Å². The van der Waals surface area contributed by atoms with E-state index in [0.29, 0.717) is 37.0 Å². The Hall–Kier alpha value is -3.43. The maximum absolute atomic E-state index is 12.7. The van der Waals surface area contributed by atoms with Crippen molar-refractivity contribution < 1.29 is 9.21 Å². The first-order valence-corrected chi connectivity index (χ1v) is 11.4. The minimum Gasteiger partial charge on any atom is -0.459 e. The van der Waals surface area contributed by atoms with Crippen LogP contribution < -0.4 is 4.90 Å². The number of fused-ring (bicyclic) bond motifs is 3. The second kappa shape index (κ2) is 7.61. The number of thiophene rings is 1. The van der Waals surface area contributed by atoms with Crippen LogP contribution in [-0.2, 0) is 0 Å². The molecule has 160 valence electrons. The summed E-state index contributed by atoms with van der Waals surface area (Å²) in [5, 5.41) is 12.5. The number of carbonyl (C=O) groups excluding carboxylic acids is 1. The average Bonchev–Trinajstić information content (AvgIpc) is 3.59. The smallest absolute Gasteiger partial charge is 0.289 e. The van der Waals surface area contributed by atoms with Crippen molar-refractivity contribution in [1.29, 1.82) is 0 Å². The zero-order chi connectivity index (χ0) is 21.7. The molecule has 5 heterocycles. The monoisotopic (exact) mass is 464 g/mol. The Morgan fingerprint density at radius 3 is 2.69 bits per heavy atom. The summed E-state index contributed by atoms with van der Waals surface area (Å²) in [5.41, 5.74) is 1.50. The molecule has 0 unspecified atom stereocenters. The molecule has 1 fully saturated rings. The normalized spacial score (nSPS) is 14.5. The van der Waals surface area contributed by atoms with Gasteiger partial charge in [-0.1, -0.05) is 17.7 Å². The summed E-state index contributed by atoms with van der Waals surface area (Å²) < 4.78 is 7.28. The molecule has 1 aliphatic rings. The predicted molar refractivity (Wildman–Crippen MR) is 123 cm³/mol. The second-order valence-corrected chi connectivity index (χ2v) is 8.87. The molecule has 1 saturated heterocycles. The number of benzene rings is 1. The van der Waals surface area contributed by atoms with Crippen LogP contribution >= 0.6 is 22.9 Å². The van der Waals surface area contributed by atoms with E-state index >= 15 is 0 Å². The molecule has 0 saturated carbocycles. The maximum atomic E-state index is 12.7. The highest BCUT2D eigenvalue weighted by Gasteiger charge is 2.27. The molecule has 10 heteroatoms. The molecular weight excluding hydrogens is 448 g/mol. The summed E-state index contributed by atoms with van der Waals surface area (Å²) >= 11 is 7.86. The van der Waals surface area contributed by atoms with Gasteiger partial charge in [0.05, 0.1) is 16.7 Å². The molecule has 0 aliphatic carbocycles. The van der Waals surface area contributed by atoms with Crippen molar-refractivity contribution in [1.82, 2.24) is 24.5 Å². The lowest BCUT2D eigenvalue weighted by Gasteiger charge is -2.35. The molecule has 0 bridgehead atoms. The number of anilines is 1. The standard InChI is InChI=1S/C22H17ClN6O2S/c23-14-5-6-15-16(13-14)24-22(29-19(15)25-26-20(29)18-4-2-12-32-18)28-9-7-27(8-10-28)21(30)17-3-1-11-31-17/h1-6,11-13H,7-10H2. The van der Waals surface area contributed by atoms with E-state index < -0.39 is 0 Å². The molecule has 0 atom stereocenters. The van der Waals surface area contributed by atoms with Crippen molar-refractivity contribution >= 4 is 51.3 Å². The van der Waals surface area contributed by atoms with Crippen molar-refractivity contribution in [3.63, 3.8) is 0 Å². The molecule has 1 amide bonds. The molecule has 6 rings (SSSR count). The van der Waals surface area contributed by atoms with Crippen LogP contribution in [0.2, 0.25) is 5.02 Å². The highest BCUT2D eigenvalue weighted by molar-refractivity contribution is 7.13. The summed E-state index contributed by atoms with van der Waals surface area (Å²) in [6, 6.07) is 13.0. The Morgan fingerprint density at radius 1 is 1.06 bits per heavy atom. The Morgan fingerprint density at radius 2 is 1.94 bits per heavy atom. The Kier molecular flexibility index (Phi) is 4.58. The first-order valence-electron chi connectivity index (χ1n) is 10.1. The maximum Gasteiger partial charge on any atom is 0.289 e. The molecule has 32 heavy (non-hydrogen) atoms. The van der Waals surface area contributed by atoms with E-state index in [4.69, 9.17) is 21.0 Å². The Labute approximate surface area is 191 Å². The fourth-order valence-electron chi connectivity index (χ4n) is 4.04. The van der Waals surface area contributed by atoms with Crippen LogP contribution in [0.3, 0.4) is 0 Å². The summed E-state index contributed by atoms with van der Waals surface area (Å²) in [6.45, 7) is 2.38. The van der Waals surface area contributed by atoms with Gasteiger partial charge in [0, 0.05) is 36.6 Å². The van der Waals surface area contributed by atoms with E-state index in [1.807, 2.05) is 40.1 Å². The number of nitrogens with zero attached hydrogens (tertiary/aromatic N) is 6. The van der Waals surface area contributed by atoms with Gasteiger partial charge < -0.3 is 14.2 Å². The first-order chi connectivity index (χ1) is 15.7. The van der Waals surface area contributed by atoms with Gasteiger partial charge in [-0.15, -0.1) is 21.5 Å². The molecule has 1 aromatic carbocycles. The van der Waals surface area contributed by atoms with Gasteiger partial charge >= 0.3 is 0 Å². The summed E-state index contributed by atoms with van der Waals surface area (Å²) in [5.74, 6) is 1.76. The molecule has 4 aromatic heterocycles. The molecule has 0 N–H and O–H groups in total. The molecule has 5 aromatic rings. The number of furan rings is 1. The SMILES string of the molecule is O=C(c1ccco1)N1CCN(c2nc3cc(Cl)ccc3c3nnc(-c4cccs4)n23)CC1. The van der Waals surface area contributed by atoms with E-state index in [0.717, 1.165) is 33.2 Å². The van der Waals surface area contributed by atoms with Crippen molar-refractivity contribution in [2.24, 2.45) is 0 Å². The second-order valence-electron chi connectivity index (χ2n) is 7.49. The average molecular weight is 465 g/mol. The van der Waals surface area contributed by atoms with Crippen LogP contribution in [0.5, 0.6) is 0 Å². The predicted octanol–water partition coefficient (Wildman–Crippen LogP) is 4.21. The number of rotatable bonds is 3. The number of amides is 1. The fraction of sp³-hybridized carbons (Fsp3) is 0.182. The van der Waals surface area contributed by atoms with Crippen molar-refractivity contribution in [2.45, 2.75) is 0 Å². The highest BCUT2D eigenvalue weighted by Crippen LogP contribution is 2.31. The van der Waals surface area contributed by atoms with Crippen LogP contribution in [0.4, 0.5) is 5.95 Å². The van der Waals surface area contributed by atoms with Gasteiger partial charge in [0.25, 0.3) is 5.91 Å². The Balaban J connectivity index is 1.42. The number of hydrogen-bond donors (Lipinski definition) is 0. The fourth-order valence-corrected chi connectivity index (χ4v) is 4.90. The molecule has 1 aliphatic heterocycles. The molecular formula is C22H17ClN6O2S. The van der Waals surface area contributed by atoms with Gasteiger partial charge in [-0.2, -0.15) is 0 Å². The van der Waals surface area contributed by atoms with Crippen LogP contribution in [0, 0.1) is 0 Å². The van der Waals surface area contributed by atoms with Gasteiger partial charge in [0.1, 0.15) is 0 Å². The third kappa shape index (κ3) is 3.12. The number of aromatic nitrogens is 4. The number of hydrogen-bond acceptors (Lipinski definition) is 7. The third-order valence-electron chi connectivity index (χ3n) is 5.61. The summed E-state index contributed by atoms with van der Waals surface area (Å²) in [6.07, 6.45) is 1.52. The largest absolute Gasteiger partial charge is 0.459 e. The van der Waals surface area contributed by atoms with Gasteiger partial charge in [-0.25, -0.2) is 9.38 Å². The molecule has 0 radical (unpaired) electrons. The van der Waals surface area contributed by atoms with Gasteiger partial charge in [0.2, 0.25) is 5.95 Å². The minimum atomic E-state index is -0.0957. The van der Waals surface area contributed by atoms with Gasteiger partial charge in [-0.3, -0.25) is 4.79 Å².